The second kappa shape index (κ2) is 26.8. The summed E-state index contributed by atoms with van der Waals surface area (Å²) >= 11 is 0. The van der Waals surface area contributed by atoms with Gasteiger partial charge in [0.15, 0.2) is 0 Å². The van der Waals surface area contributed by atoms with Crippen LogP contribution in [0.25, 0.3) is 0 Å². The third-order valence-electron chi connectivity index (χ3n) is 4.13. The molecule has 140 valence electrons. The van der Waals surface area contributed by atoms with E-state index in [9.17, 15) is 0 Å². The molecule has 0 saturated heterocycles. The van der Waals surface area contributed by atoms with Crippen LogP contribution in [0.5, 0.6) is 0 Å². The summed E-state index contributed by atoms with van der Waals surface area (Å²) in [7, 11) is 0. The van der Waals surface area contributed by atoms with Gasteiger partial charge in [0, 0.05) is 0 Å². The third kappa shape index (κ3) is 29.0. The molecule has 0 spiro atoms. The summed E-state index contributed by atoms with van der Waals surface area (Å²) in [4.78, 5) is 0. The van der Waals surface area contributed by atoms with Crippen LogP contribution in [0.4, 0.5) is 0 Å². The van der Waals surface area contributed by atoms with Gasteiger partial charge >= 0.3 is 0 Å². The van der Waals surface area contributed by atoms with Crippen molar-refractivity contribution in [3.05, 3.63) is 50.6 Å². The Morgan fingerprint density at radius 2 is 0.458 bits per heavy atom. The highest BCUT2D eigenvalue weighted by atomic mass is 14.0. The topological polar surface area (TPSA) is 0 Å². The van der Waals surface area contributed by atoms with E-state index in [2.05, 4.69) is 26.3 Å². The third-order valence-corrected chi connectivity index (χ3v) is 4.13. The molecule has 0 atom stereocenters. The fraction of sp³-hybridized carbons (Fsp3) is 0.667. The van der Waals surface area contributed by atoms with E-state index in [1.807, 2.05) is 24.3 Å². The fourth-order valence-corrected chi connectivity index (χ4v) is 2.57. The Morgan fingerprint density at radius 3 is 0.667 bits per heavy atom. The standard InChI is InChI=1S/C16H30.C8H14/c1-3-5-7-9-11-13-15-16-14-12-10-8-6-4-2;1-3-5-7-8-6-4-2/h3-4H,1-2,5-16H2;3-4H,1-2,5-8H2. The van der Waals surface area contributed by atoms with Gasteiger partial charge in [-0.05, 0) is 51.4 Å². The first kappa shape index (κ1) is 25.2. The lowest BCUT2D eigenvalue weighted by atomic mass is 10.1. The molecule has 24 heavy (non-hydrogen) atoms. The molecule has 0 rings (SSSR count). The number of hydrogen-bond acceptors (Lipinski definition) is 0. The predicted molar refractivity (Wildman–Crippen MR) is 115 cm³/mol. The van der Waals surface area contributed by atoms with Crippen LogP contribution in [-0.4, -0.2) is 0 Å². The predicted octanol–water partition coefficient (Wildman–Crippen LogP) is 8.96. The molecule has 0 heteroatoms. The Balaban J connectivity index is 0. The summed E-state index contributed by atoms with van der Waals surface area (Å²) < 4.78 is 0. The highest BCUT2D eigenvalue weighted by Crippen LogP contribution is 2.11. The summed E-state index contributed by atoms with van der Waals surface area (Å²) in [5.41, 5.74) is 0. The van der Waals surface area contributed by atoms with Crippen molar-refractivity contribution in [1.82, 2.24) is 0 Å². The van der Waals surface area contributed by atoms with Crippen molar-refractivity contribution in [2.75, 3.05) is 0 Å². The van der Waals surface area contributed by atoms with Crippen LogP contribution >= 0.6 is 0 Å². The average Bonchev–Trinajstić information content (AvgIpc) is 2.60. The van der Waals surface area contributed by atoms with Crippen LogP contribution in [0, 0.1) is 0 Å². The van der Waals surface area contributed by atoms with Gasteiger partial charge in [-0.1, -0.05) is 75.7 Å². The maximum atomic E-state index is 3.74. The molecule has 0 saturated carbocycles. The first-order valence-electron chi connectivity index (χ1n) is 10.3. The normalized spacial score (nSPS) is 9.67. The Kier molecular flexibility index (Phi) is 28.2. The molecule has 0 radical (unpaired) electrons. The van der Waals surface area contributed by atoms with Crippen LogP contribution in [0.3, 0.4) is 0 Å². The van der Waals surface area contributed by atoms with E-state index in [0.29, 0.717) is 0 Å². The summed E-state index contributed by atoms with van der Waals surface area (Å²) in [6.07, 6.45) is 29.2. The lowest BCUT2D eigenvalue weighted by molar-refractivity contribution is 0.553. The number of rotatable bonds is 18. The number of unbranched alkanes of at least 4 members (excludes halogenated alkanes) is 14. The monoisotopic (exact) mass is 332 g/mol. The Morgan fingerprint density at radius 1 is 0.292 bits per heavy atom. The maximum absolute atomic E-state index is 3.74. The minimum absolute atomic E-state index is 1.15. The largest absolute Gasteiger partial charge is 0.103 e. The van der Waals surface area contributed by atoms with Gasteiger partial charge in [0.25, 0.3) is 0 Å². The molecule has 0 aliphatic rings. The number of hydrogen-bond donors (Lipinski definition) is 0. The lowest BCUT2D eigenvalue weighted by Gasteiger charge is -2.01. The molecule has 0 nitrogen and oxygen atoms in total. The van der Waals surface area contributed by atoms with E-state index in [1.165, 1.54) is 89.9 Å². The molecule has 0 unspecified atom stereocenters. The van der Waals surface area contributed by atoms with Crippen LogP contribution in [0.2, 0.25) is 0 Å². The van der Waals surface area contributed by atoms with Crippen molar-refractivity contribution in [1.29, 1.82) is 0 Å². The molecule has 0 aromatic rings. The molecule has 0 bridgehead atoms. The van der Waals surface area contributed by atoms with Gasteiger partial charge in [0.1, 0.15) is 0 Å². The van der Waals surface area contributed by atoms with Crippen LogP contribution in [0.1, 0.15) is 103 Å². The fourth-order valence-electron chi connectivity index (χ4n) is 2.57. The van der Waals surface area contributed by atoms with Crippen molar-refractivity contribution in [2.45, 2.75) is 103 Å². The van der Waals surface area contributed by atoms with E-state index in [4.69, 9.17) is 0 Å². The van der Waals surface area contributed by atoms with Crippen molar-refractivity contribution in [3.63, 3.8) is 0 Å². The molecule has 0 aliphatic heterocycles. The number of allylic oxidation sites excluding steroid dienone is 4. The van der Waals surface area contributed by atoms with Gasteiger partial charge in [-0.15, -0.1) is 26.3 Å². The smallest absolute Gasteiger partial charge is 0.0353 e. The molecule has 0 aromatic heterocycles. The van der Waals surface area contributed by atoms with E-state index in [1.54, 1.807) is 0 Å². The Hall–Kier alpha value is -1.04. The average molecular weight is 333 g/mol. The minimum Gasteiger partial charge on any atom is -0.103 e. The van der Waals surface area contributed by atoms with Gasteiger partial charge in [-0.25, -0.2) is 0 Å². The molecule has 0 aromatic carbocycles. The molecule has 0 amide bonds. The maximum Gasteiger partial charge on any atom is -0.0353 e. The van der Waals surface area contributed by atoms with Gasteiger partial charge in [0.2, 0.25) is 0 Å². The van der Waals surface area contributed by atoms with Crippen molar-refractivity contribution in [3.8, 4) is 0 Å². The van der Waals surface area contributed by atoms with E-state index >= 15 is 0 Å². The molecule has 0 fully saturated rings. The van der Waals surface area contributed by atoms with Gasteiger partial charge < -0.3 is 0 Å². The van der Waals surface area contributed by atoms with Crippen LogP contribution in [0.15, 0.2) is 50.6 Å². The first-order valence-corrected chi connectivity index (χ1v) is 10.3. The summed E-state index contributed by atoms with van der Waals surface area (Å²) in [5, 5.41) is 0. The van der Waals surface area contributed by atoms with Crippen molar-refractivity contribution < 1.29 is 0 Å². The zero-order chi connectivity index (χ0) is 18.1. The molecule has 0 aliphatic carbocycles. The quantitative estimate of drug-likeness (QED) is 0.173. The van der Waals surface area contributed by atoms with Crippen molar-refractivity contribution in [2.24, 2.45) is 0 Å². The zero-order valence-electron chi connectivity index (χ0n) is 16.5. The molecular weight excluding hydrogens is 288 g/mol. The van der Waals surface area contributed by atoms with Gasteiger partial charge in [-0.2, -0.15) is 0 Å². The second-order valence-corrected chi connectivity index (χ2v) is 6.55. The zero-order valence-corrected chi connectivity index (χ0v) is 16.5. The molecule has 0 N–H and O–H groups in total. The van der Waals surface area contributed by atoms with E-state index in [0.717, 1.165) is 12.8 Å². The highest BCUT2D eigenvalue weighted by molar-refractivity contribution is 4.69. The highest BCUT2D eigenvalue weighted by Gasteiger charge is 1.92. The van der Waals surface area contributed by atoms with Gasteiger partial charge in [0.05, 0.1) is 0 Å². The molecule has 0 heterocycles. The summed E-state index contributed by atoms with van der Waals surface area (Å²) in [5.74, 6) is 0. The lowest BCUT2D eigenvalue weighted by Crippen LogP contribution is -1.81. The summed E-state index contributed by atoms with van der Waals surface area (Å²) in [6, 6.07) is 0. The minimum atomic E-state index is 1.15. The first-order chi connectivity index (χ1) is 11.8. The van der Waals surface area contributed by atoms with Crippen molar-refractivity contribution >= 4 is 0 Å². The second-order valence-electron chi connectivity index (χ2n) is 6.55. The van der Waals surface area contributed by atoms with E-state index < -0.39 is 0 Å². The van der Waals surface area contributed by atoms with Crippen LogP contribution < -0.4 is 0 Å². The van der Waals surface area contributed by atoms with Gasteiger partial charge in [-0.3, -0.25) is 0 Å². The Labute approximate surface area is 153 Å². The SMILES string of the molecule is C=CCCCCC=C.C=CCCCCCCCCCCCCC=C. The van der Waals surface area contributed by atoms with E-state index in [-0.39, 0.29) is 0 Å². The Bertz CT molecular complexity index is 233. The van der Waals surface area contributed by atoms with Crippen LogP contribution in [-0.2, 0) is 0 Å². The molecular formula is C24H44. The summed E-state index contributed by atoms with van der Waals surface area (Å²) in [6.45, 7) is 14.8.